The van der Waals surface area contributed by atoms with Crippen LogP contribution in [-0.4, -0.2) is 50.2 Å². The fraction of sp³-hybridized carbons (Fsp3) is 0.406. The molecule has 1 heterocycles. The molecular weight excluding hydrogens is 577 g/mol. The van der Waals surface area contributed by atoms with Crippen molar-refractivity contribution >= 4 is 39.1 Å². The van der Waals surface area contributed by atoms with Crippen molar-refractivity contribution in [2.75, 3.05) is 20.6 Å². The Morgan fingerprint density at radius 3 is 2.32 bits per heavy atom. The van der Waals surface area contributed by atoms with E-state index in [9.17, 15) is 13.2 Å². The maximum atomic E-state index is 13.8. The van der Waals surface area contributed by atoms with Crippen molar-refractivity contribution in [1.82, 2.24) is 14.5 Å². The molecule has 41 heavy (non-hydrogen) atoms. The first-order valence-electron chi connectivity index (χ1n) is 14.2. The second-order valence-corrected chi connectivity index (χ2v) is 14.1. The summed E-state index contributed by atoms with van der Waals surface area (Å²) in [5, 5.41) is 3.71. The lowest BCUT2D eigenvalue weighted by atomic mass is 9.78. The van der Waals surface area contributed by atoms with E-state index in [0.717, 1.165) is 36.8 Å². The number of rotatable bonds is 8. The minimum Gasteiger partial charge on any atom is -0.353 e. The van der Waals surface area contributed by atoms with E-state index in [4.69, 9.17) is 23.2 Å². The van der Waals surface area contributed by atoms with Gasteiger partial charge in [-0.2, -0.15) is 4.31 Å². The lowest BCUT2D eigenvalue weighted by Crippen LogP contribution is -2.44. The average molecular weight is 615 g/mol. The van der Waals surface area contributed by atoms with E-state index >= 15 is 0 Å². The molecule has 0 spiro atoms. The molecule has 0 bridgehead atoms. The number of halogens is 2. The SMILES string of the molecule is CN(C)C(c1ccccc1)C1CCC(NC(=O)CC2c3ccccc3CCN2S(=O)(=O)c2ccc(Cl)c(Cl)c2)CC1. The van der Waals surface area contributed by atoms with Crippen molar-refractivity contribution in [2.24, 2.45) is 5.92 Å². The zero-order valence-electron chi connectivity index (χ0n) is 23.5. The van der Waals surface area contributed by atoms with Crippen molar-refractivity contribution in [3.05, 3.63) is 99.5 Å². The molecule has 1 fully saturated rings. The molecular formula is C32H37Cl2N3O3S. The Morgan fingerprint density at radius 2 is 1.63 bits per heavy atom. The van der Waals surface area contributed by atoms with E-state index in [1.165, 1.54) is 28.1 Å². The molecule has 2 unspecified atom stereocenters. The molecule has 1 saturated carbocycles. The summed E-state index contributed by atoms with van der Waals surface area (Å²) in [6, 6.07) is 22.6. The molecule has 1 N–H and O–H groups in total. The predicted octanol–water partition coefficient (Wildman–Crippen LogP) is 6.65. The van der Waals surface area contributed by atoms with Gasteiger partial charge in [-0.25, -0.2) is 8.42 Å². The second kappa shape index (κ2) is 12.8. The van der Waals surface area contributed by atoms with E-state index < -0.39 is 16.1 Å². The normalized spacial score (nSPS) is 22.2. The van der Waals surface area contributed by atoms with Crippen molar-refractivity contribution in [3.63, 3.8) is 0 Å². The summed E-state index contributed by atoms with van der Waals surface area (Å²) in [6.07, 6.45) is 4.48. The summed E-state index contributed by atoms with van der Waals surface area (Å²) >= 11 is 12.2. The Hall–Kier alpha value is -2.42. The third kappa shape index (κ3) is 6.65. The van der Waals surface area contributed by atoms with Gasteiger partial charge in [0.05, 0.1) is 21.0 Å². The summed E-state index contributed by atoms with van der Waals surface area (Å²) in [5.74, 6) is 0.384. The van der Waals surface area contributed by atoms with Gasteiger partial charge in [0.1, 0.15) is 0 Å². The zero-order chi connectivity index (χ0) is 29.1. The van der Waals surface area contributed by atoms with E-state index in [1.807, 2.05) is 30.3 Å². The fourth-order valence-electron chi connectivity index (χ4n) is 6.58. The largest absolute Gasteiger partial charge is 0.353 e. The molecule has 0 saturated heterocycles. The quantitative estimate of drug-likeness (QED) is 0.309. The fourth-order valence-corrected chi connectivity index (χ4v) is 8.58. The topological polar surface area (TPSA) is 69.7 Å². The van der Waals surface area contributed by atoms with Gasteiger partial charge in [-0.05, 0) is 87.0 Å². The first-order chi connectivity index (χ1) is 19.6. The highest BCUT2D eigenvalue weighted by molar-refractivity contribution is 7.89. The van der Waals surface area contributed by atoms with Gasteiger partial charge in [0, 0.05) is 25.0 Å². The van der Waals surface area contributed by atoms with Crippen LogP contribution in [0.2, 0.25) is 10.0 Å². The van der Waals surface area contributed by atoms with Gasteiger partial charge in [-0.3, -0.25) is 4.79 Å². The molecule has 9 heteroatoms. The van der Waals surface area contributed by atoms with Crippen molar-refractivity contribution in [3.8, 4) is 0 Å². The number of nitrogens with zero attached hydrogens (tertiary/aromatic N) is 2. The molecule has 5 rings (SSSR count). The Bertz CT molecular complexity index is 1470. The minimum atomic E-state index is -3.92. The lowest BCUT2D eigenvalue weighted by molar-refractivity contribution is -0.123. The Labute approximate surface area is 253 Å². The maximum Gasteiger partial charge on any atom is 0.243 e. The molecule has 0 radical (unpaired) electrons. The van der Waals surface area contributed by atoms with Crippen LogP contribution < -0.4 is 5.32 Å². The van der Waals surface area contributed by atoms with Crippen molar-refractivity contribution in [1.29, 1.82) is 0 Å². The molecule has 1 aliphatic heterocycles. The number of amides is 1. The van der Waals surface area contributed by atoms with Crippen LogP contribution in [0.5, 0.6) is 0 Å². The van der Waals surface area contributed by atoms with Crippen molar-refractivity contribution < 1.29 is 13.2 Å². The van der Waals surface area contributed by atoms with Gasteiger partial charge in [-0.1, -0.05) is 77.8 Å². The van der Waals surface area contributed by atoms with E-state index in [1.54, 1.807) is 0 Å². The highest BCUT2D eigenvalue weighted by Crippen LogP contribution is 2.39. The van der Waals surface area contributed by atoms with Crippen LogP contribution in [0.1, 0.15) is 60.9 Å². The van der Waals surface area contributed by atoms with Gasteiger partial charge in [0.25, 0.3) is 0 Å². The van der Waals surface area contributed by atoms with Crippen LogP contribution in [-0.2, 0) is 21.2 Å². The number of hydrogen-bond donors (Lipinski definition) is 1. The molecule has 218 valence electrons. The molecule has 1 amide bonds. The van der Waals surface area contributed by atoms with Crippen LogP contribution in [0.3, 0.4) is 0 Å². The summed E-state index contributed by atoms with van der Waals surface area (Å²) < 4.78 is 29.1. The molecule has 2 aliphatic rings. The monoisotopic (exact) mass is 613 g/mol. The van der Waals surface area contributed by atoms with Gasteiger partial charge < -0.3 is 10.2 Å². The summed E-state index contributed by atoms with van der Waals surface area (Å²) in [6.45, 7) is 0.286. The number of carbonyl (C=O) groups is 1. The van der Waals surface area contributed by atoms with Gasteiger partial charge in [0.15, 0.2) is 0 Å². The molecule has 6 nitrogen and oxygen atoms in total. The Morgan fingerprint density at radius 1 is 0.951 bits per heavy atom. The highest BCUT2D eigenvalue weighted by atomic mass is 35.5. The predicted molar refractivity (Wildman–Crippen MR) is 165 cm³/mol. The minimum absolute atomic E-state index is 0.0574. The molecule has 2 atom stereocenters. The van der Waals surface area contributed by atoms with Crippen LogP contribution >= 0.6 is 23.2 Å². The third-order valence-electron chi connectivity index (χ3n) is 8.52. The molecule has 0 aromatic heterocycles. The standard InChI is InChI=1S/C32H37Cl2N3O3S/c1-36(2)32(23-9-4-3-5-10-23)24-12-14-25(15-13-24)35-31(38)21-30-27-11-7-6-8-22(27)18-19-37(30)41(39,40)26-16-17-28(33)29(34)20-26/h3-11,16-17,20,24-25,30,32H,12-15,18-19,21H2,1-2H3,(H,35,38). The summed E-state index contributed by atoms with van der Waals surface area (Å²) in [4.78, 5) is 15.8. The van der Waals surface area contributed by atoms with Crippen LogP contribution in [0, 0.1) is 5.92 Å². The van der Waals surface area contributed by atoms with Crippen molar-refractivity contribution in [2.45, 2.75) is 61.5 Å². The Balaban J connectivity index is 1.29. The van der Waals surface area contributed by atoms with Crippen LogP contribution in [0.15, 0.2) is 77.7 Å². The molecule has 3 aromatic rings. The van der Waals surface area contributed by atoms with E-state index in [-0.39, 0.29) is 34.8 Å². The van der Waals surface area contributed by atoms with E-state index in [0.29, 0.717) is 23.4 Å². The smallest absolute Gasteiger partial charge is 0.243 e. The van der Waals surface area contributed by atoms with Crippen LogP contribution in [0.25, 0.3) is 0 Å². The number of carbonyl (C=O) groups excluding carboxylic acids is 1. The van der Waals surface area contributed by atoms with Gasteiger partial charge in [0.2, 0.25) is 15.9 Å². The first kappa shape index (κ1) is 30.1. The van der Waals surface area contributed by atoms with Gasteiger partial charge in [-0.15, -0.1) is 0 Å². The lowest BCUT2D eigenvalue weighted by Gasteiger charge is -2.38. The highest BCUT2D eigenvalue weighted by Gasteiger charge is 2.38. The average Bonchev–Trinajstić information content (AvgIpc) is 2.96. The summed E-state index contributed by atoms with van der Waals surface area (Å²) in [5.41, 5.74) is 3.27. The van der Waals surface area contributed by atoms with E-state index in [2.05, 4.69) is 48.6 Å². The number of hydrogen-bond acceptors (Lipinski definition) is 4. The zero-order valence-corrected chi connectivity index (χ0v) is 25.8. The molecule has 3 aromatic carbocycles. The van der Waals surface area contributed by atoms with Crippen LogP contribution in [0.4, 0.5) is 0 Å². The molecule has 1 aliphatic carbocycles. The number of benzene rings is 3. The second-order valence-electron chi connectivity index (χ2n) is 11.4. The first-order valence-corrected chi connectivity index (χ1v) is 16.4. The number of fused-ring (bicyclic) bond motifs is 1. The number of nitrogens with one attached hydrogen (secondary N) is 1. The summed E-state index contributed by atoms with van der Waals surface area (Å²) in [7, 11) is 0.343. The van der Waals surface area contributed by atoms with Gasteiger partial charge >= 0.3 is 0 Å². The number of sulfonamides is 1. The maximum absolute atomic E-state index is 13.8. The third-order valence-corrected chi connectivity index (χ3v) is 11.2. The Kier molecular flexibility index (Phi) is 9.41.